The third kappa shape index (κ3) is 1.88. The quantitative estimate of drug-likeness (QED) is 0.761. The summed E-state index contributed by atoms with van der Waals surface area (Å²) in [6.07, 6.45) is 4.62. The van der Waals surface area contributed by atoms with Gasteiger partial charge in [0.1, 0.15) is 0 Å². The van der Waals surface area contributed by atoms with Gasteiger partial charge in [0.15, 0.2) is 0 Å². The highest BCUT2D eigenvalue weighted by atomic mass is 16.3. The van der Waals surface area contributed by atoms with Crippen LogP contribution in [0.2, 0.25) is 0 Å². The molecule has 0 aliphatic carbocycles. The van der Waals surface area contributed by atoms with Crippen LogP contribution < -0.4 is 0 Å². The second-order valence-electron chi connectivity index (χ2n) is 3.21. The van der Waals surface area contributed by atoms with Gasteiger partial charge in [0.2, 0.25) is 0 Å². The first-order valence-corrected chi connectivity index (χ1v) is 4.69. The monoisotopic (exact) mass is 188 g/mol. The Labute approximate surface area is 82.8 Å². The summed E-state index contributed by atoms with van der Waals surface area (Å²) in [4.78, 5) is 0. The fraction of sp³-hybridized carbons (Fsp3) is 0.273. The number of hydrogen-bond donors (Lipinski definition) is 1. The van der Waals surface area contributed by atoms with Crippen molar-refractivity contribution < 1.29 is 5.11 Å². The van der Waals surface area contributed by atoms with Gasteiger partial charge in [-0.2, -0.15) is 10.2 Å². The van der Waals surface area contributed by atoms with E-state index in [2.05, 4.69) is 10.2 Å². The van der Waals surface area contributed by atoms with Crippen molar-refractivity contribution in [1.82, 2.24) is 0 Å². The first-order chi connectivity index (χ1) is 6.90. The fourth-order valence-electron chi connectivity index (χ4n) is 1.40. The Morgan fingerprint density at radius 3 is 3.00 bits per heavy atom. The molecule has 0 amide bonds. The molecule has 0 fully saturated rings. The van der Waals surface area contributed by atoms with Crippen molar-refractivity contribution >= 4 is 11.8 Å². The molecule has 1 heterocycles. The van der Waals surface area contributed by atoms with Crippen LogP contribution in [-0.2, 0) is 0 Å². The number of rotatable bonds is 2. The highest BCUT2D eigenvalue weighted by Gasteiger charge is 2.06. The predicted octanol–water partition coefficient (Wildman–Crippen LogP) is 2.55. The predicted molar refractivity (Wildman–Crippen MR) is 55.5 cm³/mol. The highest BCUT2D eigenvalue weighted by molar-refractivity contribution is 5.64. The molecule has 0 radical (unpaired) electrons. The Morgan fingerprint density at radius 2 is 2.14 bits per heavy atom. The van der Waals surface area contributed by atoms with Gasteiger partial charge < -0.3 is 5.11 Å². The van der Waals surface area contributed by atoms with E-state index in [1.165, 1.54) is 0 Å². The van der Waals surface area contributed by atoms with Gasteiger partial charge in [-0.1, -0.05) is 30.4 Å². The number of aliphatic hydroxyl groups is 1. The van der Waals surface area contributed by atoms with Crippen molar-refractivity contribution in [3.8, 4) is 0 Å². The number of fused-ring (bicyclic) bond motifs is 1. The SMILES string of the molecule is OCCC1C=Cc2ccccc2N=N1. The molecule has 0 aromatic heterocycles. The van der Waals surface area contributed by atoms with Gasteiger partial charge in [0.05, 0.1) is 11.7 Å². The summed E-state index contributed by atoms with van der Waals surface area (Å²) in [5, 5.41) is 17.1. The molecule has 1 aromatic rings. The summed E-state index contributed by atoms with van der Waals surface area (Å²) in [6, 6.07) is 7.87. The maximum absolute atomic E-state index is 8.79. The van der Waals surface area contributed by atoms with Crippen LogP contribution in [0, 0.1) is 0 Å². The van der Waals surface area contributed by atoms with Crippen LogP contribution in [0.4, 0.5) is 5.69 Å². The van der Waals surface area contributed by atoms with Crippen LogP contribution in [0.5, 0.6) is 0 Å². The molecule has 0 bridgehead atoms. The Balaban J connectivity index is 2.28. The summed E-state index contributed by atoms with van der Waals surface area (Å²) in [5.41, 5.74) is 1.97. The number of benzene rings is 1. The van der Waals surface area contributed by atoms with Gasteiger partial charge >= 0.3 is 0 Å². The summed E-state index contributed by atoms with van der Waals surface area (Å²) < 4.78 is 0. The minimum Gasteiger partial charge on any atom is -0.396 e. The van der Waals surface area contributed by atoms with Gasteiger partial charge in [-0.05, 0) is 12.5 Å². The van der Waals surface area contributed by atoms with Crippen molar-refractivity contribution in [1.29, 1.82) is 0 Å². The fourth-order valence-corrected chi connectivity index (χ4v) is 1.40. The zero-order valence-electron chi connectivity index (χ0n) is 7.80. The van der Waals surface area contributed by atoms with Gasteiger partial charge in [0.25, 0.3) is 0 Å². The second-order valence-corrected chi connectivity index (χ2v) is 3.21. The molecule has 1 unspecified atom stereocenters. The number of aliphatic hydroxyl groups excluding tert-OH is 1. The van der Waals surface area contributed by atoms with Crippen LogP contribution in [-0.4, -0.2) is 17.8 Å². The zero-order valence-corrected chi connectivity index (χ0v) is 7.80. The Bertz CT molecular complexity index is 338. The lowest BCUT2D eigenvalue weighted by atomic mass is 10.1. The number of azo groups is 1. The van der Waals surface area contributed by atoms with Gasteiger partial charge in [-0.25, -0.2) is 0 Å². The third-order valence-electron chi connectivity index (χ3n) is 2.17. The molecule has 1 N–H and O–H groups in total. The topological polar surface area (TPSA) is 45.0 Å². The lowest BCUT2D eigenvalue weighted by molar-refractivity contribution is 0.282. The average Bonchev–Trinajstić information content (AvgIpc) is 2.42. The minimum absolute atomic E-state index is 0.00685. The van der Waals surface area contributed by atoms with Crippen LogP contribution >= 0.6 is 0 Å². The molecule has 1 aromatic carbocycles. The van der Waals surface area contributed by atoms with E-state index in [0.717, 1.165) is 11.3 Å². The number of nitrogens with zero attached hydrogens (tertiary/aromatic N) is 2. The van der Waals surface area contributed by atoms with Crippen LogP contribution in [0.25, 0.3) is 6.08 Å². The molecule has 2 rings (SSSR count). The molecule has 0 saturated heterocycles. The Kier molecular flexibility index (Phi) is 2.70. The molecule has 0 spiro atoms. The van der Waals surface area contributed by atoms with E-state index in [1.54, 1.807) is 0 Å². The Morgan fingerprint density at radius 1 is 1.29 bits per heavy atom. The minimum atomic E-state index is 0.00685. The maximum Gasteiger partial charge on any atom is 0.0924 e. The first kappa shape index (κ1) is 9.09. The van der Waals surface area contributed by atoms with E-state index in [0.29, 0.717) is 6.42 Å². The van der Waals surface area contributed by atoms with Crippen LogP contribution in [0.1, 0.15) is 12.0 Å². The molecule has 1 aliphatic heterocycles. The summed E-state index contributed by atoms with van der Waals surface area (Å²) in [7, 11) is 0. The lowest BCUT2D eigenvalue weighted by Gasteiger charge is -1.99. The van der Waals surface area contributed by atoms with Gasteiger partial charge in [0, 0.05) is 12.2 Å². The van der Waals surface area contributed by atoms with E-state index in [1.807, 2.05) is 36.4 Å². The van der Waals surface area contributed by atoms with Gasteiger partial charge in [-0.15, -0.1) is 0 Å². The molecule has 3 heteroatoms. The zero-order chi connectivity index (χ0) is 9.80. The molecule has 1 aliphatic rings. The third-order valence-corrected chi connectivity index (χ3v) is 2.17. The summed E-state index contributed by atoms with van der Waals surface area (Å²) >= 11 is 0. The van der Waals surface area contributed by atoms with Crippen molar-refractivity contribution in [3.05, 3.63) is 35.9 Å². The van der Waals surface area contributed by atoms with Gasteiger partial charge in [-0.3, -0.25) is 0 Å². The molecule has 14 heavy (non-hydrogen) atoms. The van der Waals surface area contributed by atoms with E-state index in [4.69, 9.17) is 5.11 Å². The normalized spacial score (nSPS) is 19.1. The summed E-state index contributed by atoms with van der Waals surface area (Å²) in [6.45, 7) is 0.143. The molecular formula is C11H12N2O. The van der Waals surface area contributed by atoms with Crippen molar-refractivity contribution in [2.75, 3.05) is 6.61 Å². The summed E-state index contributed by atoms with van der Waals surface area (Å²) in [5.74, 6) is 0. The average molecular weight is 188 g/mol. The highest BCUT2D eigenvalue weighted by Crippen LogP contribution is 2.24. The smallest absolute Gasteiger partial charge is 0.0924 e. The standard InChI is InChI=1S/C11H12N2O/c14-8-7-10-6-5-9-3-1-2-4-11(9)13-12-10/h1-6,10,14H,7-8H2. The lowest BCUT2D eigenvalue weighted by Crippen LogP contribution is -2.00. The first-order valence-electron chi connectivity index (χ1n) is 4.69. The van der Waals surface area contributed by atoms with Crippen molar-refractivity contribution in [2.45, 2.75) is 12.5 Å². The van der Waals surface area contributed by atoms with E-state index in [-0.39, 0.29) is 12.6 Å². The van der Waals surface area contributed by atoms with Crippen molar-refractivity contribution in [2.24, 2.45) is 10.2 Å². The van der Waals surface area contributed by atoms with Crippen LogP contribution in [0.15, 0.2) is 40.6 Å². The van der Waals surface area contributed by atoms with E-state index < -0.39 is 0 Å². The molecule has 3 nitrogen and oxygen atoms in total. The maximum atomic E-state index is 8.79. The number of hydrogen-bond acceptors (Lipinski definition) is 3. The molecular weight excluding hydrogens is 176 g/mol. The molecule has 1 atom stereocenters. The van der Waals surface area contributed by atoms with E-state index >= 15 is 0 Å². The van der Waals surface area contributed by atoms with Crippen LogP contribution in [0.3, 0.4) is 0 Å². The molecule has 0 saturated carbocycles. The van der Waals surface area contributed by atoms with E-state index in [9.17, 15) is 0 Å². The molecule has 72 valence electrons. The second kappa shape index (κ2) is 4.15. The van der Waals surface area contributed by atoms with Crippen molar-refractivity contribution in [3.63, 3.8) is 0 Å². The Hall–Kier alpha value is -1.48. The largest absolute Gasteiger partial charge is 0.396 e.